The number of carbonyl (C=O) groups is 1. The molecule has 10 heteroatoms. The first kappa shape index (κ1) is 19.3. The highest BCUT2D eigenvalue weighted by atomic mass is 32.2. The maximum Gasteiger partial charge on any atom is 0.253 e. The molecule has 4 rings (SSSR count). The lowest BCUT2D eigenvalue weighted by Gasteiger charge is -2.34. The maximum atomic E-state index is 12.6. The van der Waals surface area contributed by atoms with E-state index in [9.17, 15) is 13.2 Å². The Hall–Kier alpha value is -2.98. The summed E-state index contributed by atoms with van der Waals surface area (Å²) >= 11 is 0. The van der Waals surface area contributed by atoms with Gasteiger partial charge in [-0.2, -0.15) is 9.40 Å². The van der Waals surface area contributed by atoms with Gasteiger partial charge in [-0.05, 0) is 18.2 Å². The quantitative estimate of drug-likeness (QED) is 0.618. The van der Waals surface area contributed by atoms with Crippen molar-refractivity contribution in [3.05, 3.63) is 54.4 Å². The standard InChI is InChI=1S/C19H22N6O3S/c26-19(16-5-3-4-15-14-22-23-18(15)16)21-8-13-29(27,28)25-11-9-24(10-12-25)17-6-1-2-7-20-17/h1-7,14H,8-13H2,(H,21,26)(H,22,23). The number of para-hydroxylation sites is 1. The van der Waals surface area contributed by atoms with E-state index in [0.29, 0.717) is 37.3 Å². The molecule has 3 aromatic rings. The number of rotatable bonds is 6. The molecule has 2 aromatic heterocycles. The molecule has 0 saturated carbocycles. The SMILES string of the molecule is O=C(NCCS(=O)(=O)N1CCN(c2ccccn2)CC1)c1cccc2cn[nH]c12. The number of fused-ring (bicyclic) bond motifs is 1. The lowest BCUT2D eigenvalue weighted by molar-refractivity contribution is 0.0957. The average Bonchev–Trinajstić information content (AvgIpc) is 3.23. The van der Waals surface area contributed by atoms with Crippen LogP contribution in [0.5, 0.6) is 0 Å². The van der Waals surface area contributed by atoms with Crippen LogP contribution in [0.3, 0.4) is 0 Å². The van der Waals surface area contributed by atoms with E-state index in [4.69, 9.17) is 0 Å². The number of piperazine rings is 1. The van der Waals surface area contributed by atoms with Crippen LogP contribution >= 0.6 is 0 Å². The second-order valence-corrected chi connectivity index (χ2v) is 8.87. The molecular formula is C19H22N6O3S. The zero-order valence-corrected chi connectivity index (χ0v) is 16.6. The highest BCUT2D eigenvalue weighted by Crippen LogP contribution is 2.16. The molecule has 29 heavy (non-hydrogen) atoms. The van der Waals surface area contributed by atoms with Gasteiger partial charge in [-0.25, -0.2) is 13.4 Å². The fourth-order valence-corrected chi connectivity index (χ4v) is 4.75. The summed E-state index contributed by atoms with van der Waals surface area (Å²) in [5, 5.41) is 10.3. The van der Waals surface area contributed by atoms with E-state index < -0.39 is 10.0 Å². The molecule has 0 bridgehead atoms. The number of aromatic nitrogens is 3. The second-order valence-electron chi connectivity index (χ2n) is 6.79. The van der Waals surface area contributed by atoms with Gasteiger partial charge >= 0.3 is 0 Å². The predicted molar refractivity (Wildman–Crippen MR) is 110 cm³/mol. The Kier molecular flexibility index (Phi) is 5.45. The third-order valence-electron chi connectivity index (χ3n) is 4.97. The van der Waals surface area contributed by atoms with Crippen molar-refractivity contribution >= 4 is 32.7 Å². The first-order valence-corrected chi connectivity index (χ1v) is 11.0. The van der Waals surface area contributed by atoms with Crippen LogP contribution < -0.4 is 10.2 Å². The molecule has 3 heterocycles. The predicted octanol–water partition coefficient (Wildman–Crippen LogP) is 0.840. The highest BCUT2D eigenvalue weighted by molar-refractivity contribution is 7.89. The number of amides is 1. The Labute approximate surface area is 168 Å². The van der Waals surface area contributed by atoms with Crippen molar-refractivity contribution in [3.63, 3.8) is 0 Å². The summed E-state index contributed by atoms with van der Waals surface area (Å²) in [5.74, 6) is 0.390. The molecule has 1 amide bonds. The maximum absolute atomic E-state index is 12.6. The van der Waals surface area contributed by atoms with Gasteiger partial charge in [0.15, 0.2) is 0 Å². The second kappa shape index (κ2) is 8.18. The Morgan fingerprint density at radius 1 is 1.10 bits per heavy atom. The van der Waals surface area contributed by atoms with Crippen molar-refractivity contribution in [3.8, 4) is 0 Å². The number of carbonyl (C=O) groups excluding carboxylic acids is 1. The lowest BCUT2D eigenvalue weighted by Crippen LogP contribution is -2.50. The topological polar surface area (TPSA) is 111 Å². The lowest BCUT2D eigenvalue weighted by atomic mass is 10.1. The number of aromatic amines is 1. The number of benzene rings is 1. The number of nitrogens with one attached hydrogen (secondary N) is 2. The van der Waals surface area contributed by atoms with Gasteiger partial charge in [-0.15, -0.1) is 0 Å². The molecule has 1 aliphatic rings. The molecule has 1 saturated heterocycles. The smallest absolute Gasteiger partial charge is 0.253 e. The molecule has 0 atom stereocenters. The van der Waals surface area contributed by atoms with Crippen LogP contribution in [0.15, 0.2) is 48.8 Å². The van der Waals surface area contributed by atoms with Crippen molar-refractivity contribution in [1.29, 1.82) is 0 Å². The third-order valence-corrected chi connectivity index (χ3v) is 6.84. The van der Waals surface area contributed by atoms with Crippen LogP contribution in [0, 0.1) is 0 Å². The molecule has 0 spiro atoms. The minimum absolute atomic E-state index is 0.0478. The third kappa shape index (κ3) is 4.22. The van der Waals surface area contributed by atoms with Gasteiger partial charge in [0, 0.05) is 44.3 Å². The molecule has 152 valence electrons. The van der Waals surface area contributed by atoms with Gasteiger partial charge < -0.3 is 10.2 Å². The Morgan fingerprint density at radius 3 is 2.69 bits per heavy atom. The summed E-state index contributed by atoms with van der Waals surface area (Å²) in [5.41, 5.74) is 1.08. The molecule has 2 N–H and O–H groups in total. The largest absolute Gasteiger partial charge is 0.354 e. The number of hydrogen-bond donors (Lipinski definition) is 2. The summed E-state index contributed by atoms with van der Waals surface area (Å²) in [4.78, 5) is 18.8. The molecule has 9 nitrogen and oxygen atoms in total. The Balaban J connectivity index is 1.30. The van der Waals surface area contributed by atoms with E-state index in [2.05, 4.69) is 25.4 Å². The summed E-state index contributed by atoms with van der Waals surface area (Å²) in [6.07, 6.45) is 3.37. The summed E-state index contributed by atoms with van der Waals surface area (Å²) in [6, 6.07) is 11.0. The molecule has 1 fully saturated rings. The number of nitrogens with zero attached hydrogens (tertiary/aromatic N) is 4. The zero-order valence-electron chi connectivity index (χ0n) is 15.8. The zero-order chi connectivity index (χ0) is 20.3. The number of hydrogen-bond acceptors (Lipinski definition) is 6. The van der Waals surface area contributed by atoms with Crippen molar-refractivity contribution in [2.75, 3.05) is 43.4 Å². The van der Waals surface area contributed by atoms with E-state index in [1.165, 1.54) is 4.31 Å². The van der Waals surface area contributed by atoms with Gasteiger partial charge in [0.05, 0.1) is 23.0 Å². The summed E-state index contributed by atoms with van der Waals surface area (Å²) in [7, 11) is -3.45. The first-order valence-electron chi connectivity index (χ1n) is 9.39. The monoisotopic (exact) mass is 414 g/mol. The average molecular weight is 414 g/mol. The van der Waals surface area contributed by atoms with E-state index in [0.717, 1.165) is 11.2 Å². The van der Waals surface area contributed by atoms with E-state index in [1.54, 1.807) is 24.5 Å². The summed E-state index contributed by atoms with van der Waals surface area (Å²) in [6.45, 7) is 2.03. The first-order chi connectivity index (χ1) is 14.0. The minimum atomic E-state index is -3.45. The summed E-state index contributed by atoms with van der Waals surface area (Å²) < 4.78 is 26.8. The van der Waals surface area contributed by atoms with Gasteiger partial charge in [0.1, 0.15) is 5.82 Å². The highest BCUT2D eigenvalue weighted by Gasteiger charge is 2.27. The molecule has 1 aromatic carbocycles. The molecular weight excluding hydrogens is 392 g/mol. The Morgan fingerprint density at radius 2 is 1.93 bits per heavy atom. The van der Waals surface area contributed by atoms with Crippen molar-refractivity contribution in [1.82, 2.24) is 24.8 Å². The number of H-pyrrole nitrogens is 1. The fourth-order valence-electron chi connectivity index (χ4n) is 3.41. The van der Waals surface area contributed by atoms with E-state index in [-0.39, 0.29) is 18.2 Å². The van der Waals surface area contributed by atoms with Crippen molar-refractivity contribution in [2.24, 2.45) is 0 Å². The van der Waals surface area contributed by atoms with Crippen LogP contribution in [0.4, 0.5) is 5.82 Å². The van der Waals surface area contributed by atoms with Crippen LogP contribution in [0.2, 0.25) is 0 Å². The molecule has 0 aliphatic carbocycles. The fraction of sp³-hybridized carbons (Fsp3) is 0.316. The van der Waals surface area contributed by atoms with Gasteiger partial charge in [0.2, 0.25) is 10.0 Å². The number of pyridine rings is 1. The Bertz CT molecular complexity index is 1090. The van der Waals surface area contributed by atoms with Gasteiger partial charge in [-0.3, -0.25) is 9.89 Å². The number of sulfonamides is 1. The van der Waals surface area contributed by atoms with Gasteiger partial charge in [0.25, 0.3) is 5.91 Å². The van der Waals surface area contributed by atoms with Gasteiger partial charge in [-0.1, -0.05) is 18.2 Å². The van der Waals surface area contributed by atoms with E-state index >= 15 is 0 Å². The van der Waals surface area contributed by atoms with Crippen molar-refractivity contribution < 1.29 is 13.2 Å². The van der Waals surface area contributed by atoms with Crippen molar-refractivity contribution in [2.45, 2.75) is 0 Å². The normalized spacial score (nSPS) is 15.5. The van der Waals surface area contributed by atoms with Crippen LogP contribution in [-0.4, -0.2) is 72.3 Å². The van der Waals surface area contributed by atoms with Crippen LogP contribution in [0.25, 0.3) is 10.9 Å². The molecule has 0 unspecified atom stereocenters. The van der Waals surface area contributed by atoms with Crippen LogP contribution in [-0.2, 0) is 10.0 Å². The molecule has 1 aliphatic heterocycles. The molecule has 0 radical (unpaired) electrons. The minimum Gasteiger partial charge on any atom is -0.354 e. The van der Waals surface area contributed by atoms with E-state index in [1.807, 2.05) is 24.3 Å². The van der Waals surface area contributed by atoms with Crippen LogP contribution in [0.1, 0.15) is 10.4 Å². The number of anilines is 1.